The van der Waals surface area contributed by atoms with Crippen LogP contribution in [0.5, 0.6) is 0 Å². The molecule has 0 bridgehead atoms. The molecule has 4 heteroatoms. The number of hydrogen-bond acceptors (Lipinski definition) is 4. The molecule has 0 aliphatic rings. The van der Waals surface area contributed by atoms with Gasteiger partial charge >= 0.3 is 11.9 Å². The lowest BCUT2D eigenvalue weighted by Crippen LogP contribution is -2.18. The minimum Gasteiger partial charge on any atom is -0.462 e. The number of carbonyl (C=O) groups is 2. The van der Waals surface area contributed by atoms with E-state index in [0.29, 0.717) is 19.4 Å². The Morgan fingerprint density at radius 3 is 1.62 bits per heavy atom. The Hall–Kier alpha value is -1.84. The number of benzene rings is 1. The average molecular weight is 517 g/mol. The molecule has 0 aliphatic carbocycles. The molecule has 1 rings (SSSR count). The third kappa shape index (κ3) is 20.9. The molecule has 0 heterocycles. The number of esters is 2. The van der Waals surface area contributed by atoms with Gasteiger partial charge in [0, 0.05) is 12.8 Å². The summed E-state index contributed by atoms with van der Waals surface area (Å²) >= 11 is 0. The SMILES string of the molecule is CCCCCCCC(=O)OC(CCCCCC)CCCCCCCCCCC(=O)OCc1ccccc1. The summed E-state index contributed by atoms with van der Waals surface area (Å²) in [5.74, 6) is -0.0776. The van der Waals surface area contributed by atoms with E-state index in [0.717, 1.165) is 50.5 Å². The first-order chi connectivity index (χ1) is 18.2. The van der Waals surface area contributed by atoms with Crippen LogP contribution in [-0.2, 0) is 25.7 Å². The summed E-state index contributed by atoms with van der Waals surface area (Å²) < 4.78 is 11.2. The topological polar surface area (TPSA) is 52.6 Å². The Kier molecular flexibility index (Phi) is 22.0. The Bertz CT molecular complexity index is 658. The smallest absolute Gasteiger partial charge is 0.306 e. The van der Waals surface area contributed by atoms with Crippen molar-refractivity contribution in [2.75, 3.05) is 0 Å². The van der Waals surface area contributed by atoms with Gasteiger partial charge in [-0.25, -0.2) is 0 Å². The summed E-state index contributed by atoms with van der Waals surface area (Å²) in [6.07, 6.45) is 23.3. The third-order valence-electron chi connectivity index (χ3n) is 7.06. The molecule has 0 saturated heterocycles. The molecule has 37 heavy (non-hydrogen) atoms. The zero-order chi connectivity index (χ0) is 26.8. The Labute approximate surface area is 228 Å². The molecule has 0 saturated carbocycles. The third-order valence-corrected chi connectivity index (χ3v) is 7.06. The molecule has 0 amide bonds. The van der Waals surface area contributed by atoms with Crippen molar-refractivity contribution in [3.05, 3.63) is 35.9 Å². The van der Waals surface area contributed by atoms with E-state index in [1.165, 1.54) is 77.0 Å². The van der Waals surface area contributed by atoms with Gasteiger partial charge in [-0.15, -0.1) is 0 Å². The van der Waals surface area contributed by atoms with Gasteiger partial charge in [-0.3, -0.25) is 9.59 Å². The van der Waals surface area contributed by atoms with Crippen LogP contribution in [0.2, 0.25) is 0 Å². The highest BCUT2D eigenvalue weighted by Gasteiger charge is 2.14. The van der Waals surface area contributed by atoms with Gasteiger partial charge in [0.15, 0.2) is 0 Å². The zero-order valence-electron chi connectivity index (χ0n) is 24.2. The highest BCUT2D eigenvalue weighted by atomic mass is 16.5. The standard InChI is InChI=1S/C33H56O4/c1-3-5-7-13-22-28-33(35)37-31(25-19-8-6-4-2)26-20-14-11-9-10-12-15-21-27-32(34)36-29-30-23-17-16-18-24-30/h16-18,23-24,31H,3-15,19-22,25-29H2,1-2H3. The predicted molar refractivity (Wildman–Crippen MR) is 154 cm³/mol. The first-order valence-electron chi connectivity index (χ1n) is 15.5. The highest BCUT2D eigenvalue weighted by molar-refractivity contribution is 5.69. The minimum absolute atomic E-state index is 0.0148. The Morgan fingerprint density at radius 1 is 0.595 bits per heavy atom. The maximum atomic E-state index is 12.3. The second-order valence-electron chi connectivity index (χ2n) is 10.6. The van der Waals surface area contributed by atoms with Gasteiger partial charge in [0.05, 0.1) is 0 Å². The molecule has 1 aromatic rings. The largest absolute Gasteiger partial charge is 0.462 e. The van der Waals surface area contributed by atoms with E-state index < -0.39 is 0 Å². The minimum atomic E-state index is -0.0923. The van der Waals surface area contributed by atoms with E-state index in [9.17, 15) is 9.59 Å². The molecule has 1 atom stereocenters. The second-order valence-corrected chi connectivity index (χ2v) is 10.6. The summed E-state index contributed by atoms with van der Waals surface area (Å²) in [5, 5.41) is 0. The van der Waals surface area contributed by atoms with Gasteiger partial charge in [-0.05, 0) is 44.1 Å². The second kappa shape index (κ2) is 24.5. The van der Waals surface area contributed by atoms with Gasteiger partial charge in [0.1, 0.15) is 12.7 Å². The first-order valence-corrected chi connectivity index (χ1v) is 15.5. The van der Waals surface area contributed by atoms with Gasteiger partial charge in [0.25, 0.3) is 0 Å². The molecular weight excluding hydrogens is 460 g/mol. The van der Waals surface area contributed by atoms with Gasteiger partial charge in [-0.1, -0.05) is 128 Å². The van der Waals surface area contributed by atoms with Crippen LogP contribution in [0, 0.1) is 0 Å². The molecular formula is C33H56O4. The predicted octanol–water partition coefficient (Wildman–Crippen LogP) is 9.87. The summed E-state index contributed by atoms with van der Waals surface area (Å²) in [4.78, 5) is 24.2. The molecule has 0 fully saturated rings. The molecule has 4 nitrogen and oxygen atoms in total. The van der Waals surface area contributed by atoms with Crippen molar-refractivity contribution in [2.45, 2.75) is 161 Å². The van der Waals surface area contributed by atoms with E-state index in [1.54, 1.807) is 0 Å². The van der Waals surface area contributed by atoms with E-state index in [4.69, 9.17) is 9.47 Å². The van der Waals surface area contributed by atoms with Crippen LogP contribution in [0.15, 0.2) is 30.3 Å². The monoisotopic (exact) mass is 516 g/mol. The van der Waals surface area contributed by atoms with Gasteiger partial charge in [-0.2, -0.15) is 0 Å². The molecule has 0 radical (unpaired) electrons. The lowest BCUT2D eigenvalue weighted by Gasteiger charge is -2.18. The van der Waals surface area contributed by atoms with Crippen LogP contribution < -0.4 is 0 Å². The van der Waals surface area contributed by atoms with Crippen LogP contribution in [0.25, 0.3) is 0 Å². The number of carbonyl (C=O) groups excluding carboxylic acids is 2. The van der Waals surface area contributed by atoms with Crippen molar-refractivity contribution in [1.29, 1.82) is 0 Å². The highest BCUT2D eigenvalue weighted by Crippen LogP contribution is 2.18. The van der Waals surface area contributed by atoms with Gasteiger partial charge < -0.3 is 9.47 Å². The normalized spacial score (nSPS) is 11.8. The van der Waals surface area contributed by atoms with Crippen molar-refractivity contribution in [2.24, 2.45) is 0 Å². The lowest BCUT2D eigenvalue weighted by atomic mass is 10.0. The van der Waals surface area contributed by atoms with E-state index in [-0.39, 0.29) is 18.0 Å². The van der Waals surface area contributed by atoms with E-state index >= 15 is 0 Å². The van der Waals surface area contributed by atoms with Crippen molar-refractivity contribution in [3.63, 3.8) is 0 Å². The zero-order valence-corrected chi connectivity index (χ0v) is 24.2. The maximum Gasteiger partial charge on any atom is 0.306 e. The van der Waals surface area contributed by atoms with Crippen LogP contribution in [0.4, 0.5) is 0 Å². The van der Waals surface area contributed by atoms with Crippen molar-refractivity contribution < 1.29 is 19.1 Å². The van der Waals surface area contributed by atoms with Gasteiger partial charge in [0.2, 0.25) is 0 Å². The Balaban J connectivity index is 2.05. The van der Waals surface area contributed by atoms with E-state index in [2.05, 4.69) is 13.8 Å². The lowest BCUT2D eigenvalue weighted by molar-refractivity contribution is -0.150. The molecule has 0 spiro atoms. The Morgan fingerprint density at radius 2 is 1.05 bits per heavy atom. The van der Waals surface area contributed by atoms with Crippen LogP contribution >= 0.6 is 0 Å². The fourth-order valence-electron chi connectivity index (χ4n) is 4.69. The van der Waals surface area contributed by atoms with E-state index in [1.807, 2.05) is 30.3 Å². The number of ether oxygens (including phenoxy) is 2. The molecule has 1 unspecified atom stereocenters. The molecule has 0 aromatic heterocycles. The fourth-order valence-corrected chi connectivity index (χ4v) is 4.69. The number of rotatable bonds is 25. The molecule has 0 N–H and O–H groups in total. The summed E-state index contributed by atoms with van der Waals surface area (Å²) in [5.41, 5.74) is 1.04. The molecule has 0 aliphatic heterocycles. The summed E-state index contributed by atoms with van der Waals surface area (Å²) in [7, 11) is 0. The van der Waals surface area contributed by atoms with Crippen molar-refractivity contribution >= 4 is 11.9 Å². The van der Waals surface area contributed by atoms with Crippen LogP contribution in [0.3, 0.4) is 0 Å². The summed E-state index contributed by atoms with van der Waals surface area (Å²) in [6, 6.07) is 9.84. The quantitative estimate of drug-likeness (QED) is 0.0958. The van der Waals surface area contributed by atoms with Crippen molar-refractivity contribution in [3.8, 4) is 0 Å². The van der Waals surface area contributed by atoms with Crippen LogP contribution in [-0.4, -0.2) is 18.0 Å². The number of hydrogen-bond donors (Lipinski definition) is 0. The first kappa shape index (κ1) is 33.2. The maximum absolute atomic E-state index is 12.3. The molecule has 212 valence electrons. The van der Waals surface area contributed by atoms with Crippen molar-refractivity contribution in [1.82, 2.24) is 0 Å². The fraction of sp³-hybridized carbons (Fsp3) is 0.758. The summed E-state index contributed by atoms with van der Waals surface area (Å²) in [6.45, 7) is 4.82. The van der Waals surface area contributed by atoms with Crippen LogP contribution in [0.1, 0.15) is 154 Å². The average Bonchev–Trinajstić information content (AvgIpc) is 2.91. The molecule has 1 aromatic carbocycles. The number of unbranched alkanes of at least 4 members (excludes halogenated alkanes) is 14.